The first-order valence-electron chi connectivity index (χ1n) is 18.1. The standard InChI is InChI=1S/C35H54O14/c1-17-30(49-31-29(42)28(41)27(40)24(14-36)48-31)23(38)12-26(46-17)47-19-3-8-33(16-37)21-4-7-32(2)20(18-11-25(39)45-15-18)6-10-35(32,44)22(21)5-9-34(33,43)13-19/h11,17,19-24,26-31,36-38,40-44H,3-10,12-16H2,1-2H3/t17-,19+,20-,21+,22-,23+,24-,26+,27-,28+,29-,30-,31+,32-,33+,34+,35+/m1/s1. The third-order valence-corrected chi connectivity index (χ3v) is 14.2. The number of aliphatic hydroxyl groups excluding tert-OH is 6. The van der Waals surface area contributed by atoms with Crippen LogP contribution < -0.4 is 0 Å². The van der Waals surface area contributed by atoms with E-state index in [-0.39, 0.29) is 49.8 Å². The smallest absolute Gasteiger partial charge is 0.331 e. The van der Waals surface area contributed by atoms with Gasteiger partial charge in [-0.05, 0) is 81.6 Å². The lowest BCUT2D eigenvalue weighted by molar-refractivity contribution is -0.346. The lowest BCUT2D eigenvalue weighted by Gasteiger charge is -2.66. The Labute approximate surface area is 285 Å². The molecule has 6 fully saturated rings. The van der Waals surface area contributed by atoms with Crippen LogP contribution >= 0.6 is 0 Å². The fraction of sp³-hybridized carbons (Fsp3) is 0.914. The topological polar surface area (TPSA) is 225 Å². The molecule has 17 atom stereocenters. The van der Waals surface area contributed by atoms with Gasteiger partial charge in [0.15, 0.2) is 12.6 Å². The number of carbonyl (C=O) groups excluding carboxylic acids is 1. The largest absolute Gasteiger partial charge is 0.458 e. The van der Waals surface area contributed by atoms with Gasteiger partial charge in [-0.15, -0.1) is 0 Å². The SMILES string of the molecule is C[C@H]1O[C@@H](O[C@H]2CC[C@]3(CO)[C@H]4CC[C@]5(C)[C@@H](C6=CC(=O)OC6)CC[C@]5(O)[C@@H]4CC[C@]3(O)C2)C[C@H](O)[C@@H]1O[C@@H]1O[C@H](CO)[C@@H](O)[C@H](O)[C@H]1O. The van der Waals surface area contributed by atoms with E-state index in [0.29, 0.717) is 32.1 Å². The number of hydrogen-bond acceptors (Lipinski definition) is 14. The maximum Gasteiger partial charge on any atom is 0.331 e. The zero-order valence-corrected chi connectivity index (χ0v) is 28.3. The molecule has 0 bridgehead atoms. The average molecular weight is 699 g/mol. The summed E-state index contributed by atoms with van der Waals surface area (Å²) >= 11 is 0. The van der Waals surface area contributed by atoms with Gasteiger partial charge in [0.1, 0.15) is 37.1 Å². The number of rotatable bonds is 7. The van der Waals surface area contributed by atoms with Gasteiger partial charge in [0.2, 0.25) is 0 Å². The zero-order chi connectivity index (χ0) is 35.1. The highest BCUT2D eigenvalue weighted by molar-refractivity contribution is 5.85. The van der Waals surface area contributed by atoms with Gasteiger partial charge in [-0.25, -0.2) is 4.79 Å². The second-order valence-electron chi connectivity index (χ2n) is 16.3. The number of hydrogen-bond donors (Lipinski definition) is 8. The summed E-state index contributed by atoms with van der Waals surface area (Å²) in [6.07, 6.45) is -4.56. The Balaban J connectivity index is 1.000. The van der Waals surface area contributed by atoms with Crippen molar-refractivity contribution >= 4 is 5.97 Å². The highest BCUT2D eigenvalue weighted by Gasteiger charge is 2.71. The van der Waals surface area contributed by atoms with Crippen molar-refractivity contribution < 1.29 is 69.3 Å². The second kappa shape index (κ2) is 13.0. The third-order valence-electron chi connectivity index (χ3n) is 14.2. The van der Waals surface area contributed by atoms with Crippen LogP contribution in [0.1, 0.15) is 78.1 Å². The van der Waals surface area contributed by atoms with Gasteiger partial charge in [0.25, 0.3) is 0 Å². The molecule has 0 spiro atoms. The lowest BCUT2D eigenvalue weighted by Crippen LogP contribution is -2.69. The first-order chi connectivity index (χ1) is 23.2. The molecule has 8 N–H and O–H groups in total. The molecule has 0 aromatic rings. The van der Waals surface area contributed by atoms with Gasteiger partial charge in [-0.2, -0.15) is 0 Å². The van der Waals surface area contributed by atoms with Crippen molar-refractivity contribution in [1.82, 2.24) is 0 Å². The molecule has 49 heavy (non-hydrogen) atoms. The fourth-order valence-corrected chi connectivity index (χ4v) is 11.5. The van der Waals surface area contributed by atoms with E-state index in [0.717, 1.165) is 24.8 Å². The summed E-state index contributed by atoms with van der Waals surface area (Å²) in [7, 11) is 0. The van der Waals surface area contributed by atoms with Gasteiger partial charge in [-0.1, -0.05) is 6.92 Å². The highest BCUT2D eigenvalue weighted by atomic mass is 16.7. The van der Waals surface area contributed by atoms with Crippen LogP contribution in [0.5, 0.6) is 0 Å². The Morgan fingerprint density at radius 2 is 1.65 bits per heavy atom. The predicted molar refractivity (Wildman–Crippen MR) is 167 cm³/mol. The molecule has 14 heteroatoms. The van der Waals surface area contributed by atoms with Crippen LogP contribution in [0.4, 0.5) is 0 Å². The summed E-state index contributed by atoms with van der Waals surface area (Å²) in [4.78, 5) is 11.9. The van der Waals surface area contributed by atoms with Gasteiger partial charge >= 0.3 is 5.97 Å². The maximum atomic E-state index is 12.5. The minimum Gasteiger partial charge on any atom is -0.458 e. The Kier molecular flexibility index (Phi) is 9.57. The monoisotopic (exact) mass is 698 g/mol. The molecule has 4 saturated carbocycles. The van der Waals surface area contributed by atoms with Crippen molar-refractivity contribution in [3.63, 3.8) is 0 Å². The van der Waals surface area contributed by atoms with Gasteiger partial charge in [0.05, 0.1) is 42.7 Å². The van der Waals surface area contributed by atoms with Gasteiger partial charge in [0, 0.05) is 29.7 Å². The van der Waals surface area contributed by atoms with Crippen molar-refractivity contribution in [3.8, 4) is 0 Å². The van der Waals surface area contributed by atoms with E-state index < -0.39 is 90.1 Å². The number of fused-ring (bicyclic) bond motifs is 5. The second-order valence-corrected chi connectivity index (χ2v) is 16.3. The first kappa shape index (κ1) is 36.1. The van der Waals surface area contributed by atoms with Crippen LogP contribution in [0.25, 0.3) is 0 Å². The van der Waals surface area contributed by atoms with E-state index in [9.17, 15) is 45.6 Å². The van der Waals surface area contributed by atoms with Gasteiger partial charge < -0.3 is 64.5 Å². The molecule has 0 unspecified atom stereocenters. The Hall–Kier alpha value is -1.27. The van der Waals surface area contributed by atoms with Crippen LogP contribution in [-0.2, 0) is 28.5 Å². The van der Waals surface area contributed by atoms with Crippen LogP contribution in [0.3, 0.4) is 0 Å². The summed E-state index contributed by atoms with van der Waals surface area (Å²) in [5.41, 5.74) is -2.49. The molecule has 0 radical (unpaired) electrons. The molecular weight excluding hydrogens is 644 g/mol. The van der Waals surface area contributed by atoms with Crippen LogP contribution in [-0.4, -0.2) is 139 Å². The van der Waals surface area contributed by atoms with Crippen LogP contribution in [0, 0.1) is 28.6 Å². The summed E-state index contributed by atoms with van der Waals surface area (Å²) in [6.45, 7) is 3.28. The molecule has 7 aliphatic rings. The third kappa shape index (κ3) is 5.56. The van der Waals surface area contributed by atoms with Crippen molar-refractivity contribution in [2.45, 2.75) is 151 Å². The van der Waals surface area contributed by atoms with Crippen molar-refractivity contribution in [2.24, 2.45) is 28.6 Å². The van der Waals surface area contributed by atoms with E-state index in [4.69, 9.17) is 23.7 Å². The molecule has 3 heterocycles. The highest BCUT2D eigenvalue weighted by Crippen LogP contribution is 2.70. The van der Waals surface area contributed by atoms with E-state index in [1.807, 2.05) is 0 Å². The summed E-state index contributed by atoms with van der Waals surface area (Å²) in [5.74, 6) is -0.460. The maximum absolute atomic E-state index is 12.5. The molecule has 3 aliphatic heterocycles. The molecule has 278 valence electrons. The Morgan fingerprint density at radius 1 is 0.898 bits per heavy atom. The predicted octanol–water partition coefficient (Wildman–Crippen LogP) is -0.603. The van der Waals surface area contributed by atoms with Crippen LogP contribution in [0.15, 0.2) is 11.6 Å². The lowest BCUT2D eigenvalue weighted by atomic mass is 9.41. The van der Waals surface area contributed by atoms with E-state index >= 15 is 0 Å². The normalized spacial score (nSPS) is 54.4. The molecule has 7 rings (SSSR count). The summed E-state index contributed by atoms with van der Waals surface area (Å²) in [6, 6.07) is 0. The quantitative estimate of drug-likeness (QED) is 0.123. The molecule has 0 aromatic heterocycles. The van der Waals surface area contributed by atoms with E-state index in [1.165, 1.54) is 0 Å². The molecular formula is C35H54O14. The van der Waals surface area contributed by atoms with Crippen molar-refractivity contribution in [3.05, 3.63) is 11.6 Å². The fourth-order valence-electron chi connectivity index (χ4n) is 11.5. The van der Waals surface area contributed by atoms with Crippen LogP contribution in [0.2, 0.25) is 0 Å². The minimum atomic E-state index is -1.62. The average Bonchev–Trinajstić information content (AvgIpc) is 3.61. The van der Waals surface area contributed by atoms with Crippen molar-refractivity contribution in [2.75, 3.05) is 19.8 Å². The Morgan fingerprint density at radius 3 is 2.33 bits per heavy atom. The Bertz CT molecular complexity index is 1270. The van der Waals surface area contributed by atoms with E-state index in [2.05, 4.69) is 6.92 Å². The molecule has 0 amide bonds. The first-order valence-corrected chi connectivity index (χ1v) is 18.1. The summed E-state index contributed by atoms with van der Waals surface area (Å²) in [5, 5.41) is 87.1. The number of ether oxygens (including phenoxy) is 5. The number of aliphatic hydroxyl groups is 8. The molecule has 14 nitrogen and oxygen atoms in total. The number of cyclic esters (lactones) is 1. The van der Waals surface area contributed by atoms with Crippen molar-refractivity contribution in [1.29, 1.82) is 0 Å². The number of esters is 1. The molecule has 2 saturated heterocycles. The molecule has 0 aromatic carbocycles. The minimum absolute atomic E-state index is 0.0249. The summed E-state index contributed by atoms with van der Waals surface area (Å²) < 4.78 is 28.9. The zero-order valence-electron chi connectivity index (χ0n) is 28.3. The van der Waals surface area contributed by atoms with Gasteiger partial charge in [-0.3, -0.25) is 0 Å². The molecule has 4 aliphatic carbocycles. The number of carbonyl (C=O) groups is 1. The van der Waals surface area contributed by atoms with E-state index in [1.54, 1.807) is 13.0 Å².